The minimum absolute atomic E-state index is 0.187. The lowest BCUT2D eigenvalue weighted by Gasteiger charge is -2.09. The maximum atomic E-state index is 10.4. The van der Waals surface area contributed by atoms with E-state index in [1.807, 2.05) is 88.8 Å². The Balaban J connectivity index is 0.000000507. The lowest BCUT2D eigenvalue weighted by atomic mass is 10.1. The van der Waals surface area contributed by atoms with E-state index in [1.54, 1.807) is 47.0 Å². The van der Waals surface area contributed by atoms with E-state index in [-0.39, 0.29) is 32.2 Å². The summed E-state index contributed by atoms with van der Waals surface area (Å²) in [4.78, 5) is 19.3. The Morgan fingerprint density at radius 2 is 0.838 bits per heavy atom. The first-order valence-corrected chi connectivity index (χ1v) is 36.8. The first-order chi connectivity index (χ1) is 36.2. The fraction of sp³-hybridized carbons (Fsp3) is 0.481. The highest BCUT2D eigenvalue weighted by atomic mass is 32.2. The number of carbonyl (C=O) groups is 1. The molecular formula is C52H78N2O8S12. The summed E-state index contributed by atoms with van der Waals surface area (Å²) in [5.74, 6) is 16.8. The van der Waals surface area contributed by atoms with Crippen LogP contribution in [-0.2, 0) is 32.7 Å². The van der Waals surface area contributed by atoms with Gasteiger partial charge in [0.2, 0.25) is 0 Å². The van der Waals surface area contributed by atoms with Gasteiger partial charge in [-0.3, -0.25) is 4.79 Å². The van der Waals surface area contributed by atoms with Crippen molar-refractivity contribution in [2.45, 2.75) is 42.6 Å². The van der Waals surface area contributed by atoms with Crippen LogP contribution in [0.15, 0.2) is 128 Å². The lowest BCUT2D eigenvalue weighted by molar-refractivity contribution is -0.191. The summed E-state index contributed by atoms with van der Waals surface area (Å²) >= 11 is 21.0. The molecule has 10 N–H and O–H groups in total. The largest absolute Gasteiger partial charge is 0.481 e. The molecule has 0 aliphatic carbocycles. The van der Waals surface area contributed by atoms with Gasteiger partial charge >= 0.3 is 5.97 Å². The molecule has 0 saturated heterocycles. The third-order valence-corrected chi connectivity index (χ3v) is 21.5. The Labute approximate surface area is 493 Å². The molecule has 0 heterocycles. The highest BCUT2D eigenvalue weighted by Gasteiger charge is 2.04. The summed E-state index contributed by atoms with van der Waals surface area (Å²) in [5.41, 5.74) is 16.4. The van der Waals surface area contributed by atoms with Crippen molar-refractivity contribution in [3.05, 3.63) is 131 Å². The van der Waals surface area contributed by atoms with Gasteiger partial charge in [0.05, 0.1) is 32.2 Å². The van der Waals surface area contributed by atoms with E-state index in [0.717, 1.165) is 117 Å². The van der Waals surface area contributed by atoms with Crippen LogP contribution >= 0.6 is 141 Å². The Bertz CT molecular complexity index is 1850. The molecule has 0 amide bonds. The average Bonchev–Trinajstić information content (AvgIpc) is 3.42. The van der Waals surface area contributed by atoms with E-state index in [0.29, 0.717) is 5.09 Å². The van der Waals surface area contributed by atoms with Crippen LogP contribution in [0.2, 0.25) is 0 Å². The molecule has 0 radical (unpaired) electrons. The fourth-order valence-corrected chi connectivity index (χ4v) is 15.6. The number of hydrogen-bond acceptors (Lipinski definition) is 21. The van der Waals surface area contributed by atoms with Crippen molar-refractivity contribution in [1.29, 1.82) is 0 Å². The van der Waals surface area contributed by atoms with Gasteiger partial charge in [-0.15, -0.1) is 58.8 Å². The molecule has 22 heteroatoms. The summed E-state index contributed by atoms with van der Waals surface area (Å²) in [7, 11) is 0. The van der Waals surface area contributed by atoms with Crippen LogP contribution in [0.3, 0.4) is 0 Å². The first kappa shape index (κ1) is 71.8. The number of aliphatic hydroxyl groups is 4. The molecule has 0 aliphatic rings. The molecule has 0 aliphatic heterocycles. The standard InChI is InChI=1S/C16H22O4S4.C16H26O2S4.C10H16N2S2.C10H14O2S2/c1-13(20-19)24-9-8-22-11-15-4-2-14(3-5-15)10-21-6-7-23-12-16(17)18;17-5-7-19-9-11-21-13-15-3-1-2-4-16(15)14-22-12-10-20-8-6-18;11-5-7-13-9-1-2-10(4-3-9)14-8-6-12;11-4-6-13-9-2-1-3-10(8-9)14-7-5-12/h2-5,19H,1,6-12H2,(H,17,18);1-4,17-18H,5-14H2;1-4H,5-8,11-12H2;1-3,8,11-12H,4-7H2. The van der Waals surface area contributed by atoms with E-state index >= 15 is 0 Å². The number of rotatable bonds is 40. The summed E-state index contributed by atoms with van der Waals surface area (Å²) < 4.78 is 0. The van der Waals surface area contributed by atoms with Crippen LogP contribution in [-0.4, -0.2) is 163 Å². The summed E-state index contributed by atoms with van der Waals surface area (Å²) in [6.07, 6.45) is 0. The van der Waals surface area contributed by atoms with Crippen molar-refractivity contribution in [2.75, 3.05) is 126 Å². The SMILES string of the molecule is C=C(OO)SCCSCc1ccc(CSCCSCC(=O)O)cc1.NCCSc1ccc(SCCN)cc1.OCCSCCSCc1ccccc1CSCCSCCO.OCCSc1cccc(SCCO)c1. The number of benzene rings is 4. The zero-order valence-electron chi connectivity index (χ0n) is 42.2. The van der Waals surface area contributed by atoms with Gasteiger partial charge in [-0.05, 0) is 71.3 Å². The van der Waals surface area contributed by atoms with Gasteiger partial charge in [0, 0.05) is 136 Å². The molecule has 10 nitrogen and oxygen atoms in total. The molecule has 4 rings (SSSR count). The van der Waals surface area contributed by atoms with Crippen LogP contribution in [0.25, 0.3) is 0 Å². The second kappa shape index (κ2) is 53.5. The molecule has 0 atom stereocenters. The smallest absolute Gasteiger partial charge is 0.313 e. The highest BCUT2D eigenvalue weighted by Crippen LogP contribution is 2.26. The summed E-state index contributed by atoms with van der Waals surface area (Å²) in [5, 5.41) is 52.1. The predicted octanol–water partition coefficient (Wildman–Crippen LogP) is 11.9. The Morgan fingerprint density at radius 3 is 1.24 bits per heavy atom. The third kappa shape index (κ3) is 42.7. The summed E-state index contributed by atoms with van der Waals surface area (Å²) in [6.45, 7) is 5.98. The van der Waals surface area contributed by atoms with Gasteiger partial charge in [0.15, 0.2) is 5.09 Å². The monoisotopic (exact) mass is 1240 g/mol. The van der Waals surface area contributed by atoms with E-state index in [4.69, 9.17) is 42.3 Å². The fourth-order valence-electron chi connectivity index (χ4n) is 5.37. The van der Waals surface area contributed by atoms with Crippen molar-refractivity contribution >= 4 is 147 Å². The topological polar surface area (TPSA) is 200 Å². The van der Waals surface area contributed by atoms with Gasteiger partial charge < -0.3 is 41.9 Å². The van der Waals surface area contributed by atoms with Crippen LogP contribution in [0, 0.1) is 0 Å². The van der Waals surface area contributed by atoms with Gasteiger partial charge in [0.1, 0.15) is 0 Å². The second-order valence-corrected chi connectivity index (χ2v) is 28.4. The van der Waals surface area contributed by atoms with Gasteiger partial charge in [-0.25, -0.2) is 5.26 Å². The molecule has 4 aromatic carbocycles. The third-order valence-electron chi connectivity index (χ3n) is 8.72. The molecule has 416 valence electrons. The van der Waals surface area contributed by atoms with Gasteiger partial charge in [-0.1, -0.05) is 66.4 Å². The molecular weight excluding hydrogens is 1170 g/mol. The predicted molar refractivity (Wildman–Crippen MR) is 345 cm³/mol. The number of thioether (sulfide) groups is 12. The maximum absolute atomic E-state index is 10.4. The number of aliphatic hydroxyl groups excluding tert-OH is 4. The summed E-state index contributed by atoms with van der Waals surface area (Å²) in [6, 6.07) is 34.1. The number of hydrogen-bond donors (Lipinski definition) is 8. The van der Waals surface area contributed by atoms with Crippen molar-refractivity contribution in [1.82, 2.24) is 0 Å². The van der Waals surface area contributed by atoms with Crippen LogP contribution in [0.1, 0.15) is 22.3 Å². The number of aliphatic carboxylic acids is 1. The van der Waals surface area contributed by atoms with Crippen molar-refractivity contribution in [2.24, 2.45) is 11.5 Å². The molecule has 0 fully saturated rings. The zero-order valence-corrected chi connectivity index (χ0v) is 52.0. The van der Waals surface area contributed by atoms with Gasteiger partial charge in [-0.2, -0.15) is 70.6 Å². The van der Waals surface area contributed by atoms with Crippen LogP contribution in [0.4, 0.5) is 0 Å². The minimum atomic E-state index is -0.747. The van der Waals surface area contributed by atoms with Crippen LogP contribution < -0.4 is 11.5 Å². The van der Waals surface area contributed by atoms with Gasteiger partial charge in [0.25, 0.3) is 0 Å². The lowest BCUT2D eigenvalue weighted by Crippen LogP contribution is -2.01. The normalized spacial score (nSPS) is 10.6. The molecule has 0 spiro atoms. The average molecular weight is 1240 g/mol. The Kier molecular flexibility index (Phi) is 51.9. The molecule has 0 unspecified atom stereocenters. The van der Waals surface area contributed by atoms with Crippen molar-refractivity contribution < 1.29 is 40.5 Å². The quantitative estimate of drug-likeness (QED) is 0.00687. The van der Waals surface area contributed by atoms with Crippen molar-refractivity contribution in [3.8, 4) is 0 Å². The first-order valence-electron chi connectivity index (χ1n) is 23.8. The maximum Gasteiger partial charge on any atom is 0.313 e. The van der Waals surface area contributed by atoms with E-state index in [9.17, 15) is 4.79 Å². The molecule has 0 saturated carbocycles. The Hall–Kier alpha value is -0.190. The van der Waals surface area contributed by atoms with E-state index in [1.165, 1.54) is 65.4 Å². The second-order valence-electron chi connectivity index (χ2n) is 14.6. The molecule has 4 aromatic rings. The molecule has 0 bridgehead atoms. The van der Waals surface area contributed by atoms with Crippen LogP contribution in [0.5, 0.6) is 0 Å². The highest BCUT2D eigenvalue weighted by molar-refractivity contribution is 8.05. The molecule has 0 aromatic heterocycles. The number of carboxylic acid groups (broad SMARTS) is 1. The molecule has 74 heavy (non-hydrogen) atoms. The number of carboxylic acids is 1. The minimum Gasteiger partial charge on any atom is -0.481 e. The van der Waals surface area contributed by atoms with E-state index < -0.39 is 5.97 Å². The Morgan fingerprint density at radius 1 is 0.446 bits per heavy atom. The zero-order chi connectivity index (χ0) is 54.0. The number of nitrogens with two attached hydrogens (primary N) is 2. The van der Waals surface area contributed by atoms with E-state index in [2.05, 4.69) is 90.3 Å². The van der Waals surface area contributed by atoms with Crippen molar-refractivity contribution in [3.63, 3.8) is 0 Å².